The second-order valence-corrected chi connectivity index (χ2v) is 9.96. The van der Waals surface area contributed by atoms with Gasteiger partial charge >= 0.3 is 5.97 Å². The fraction of sp³-hybridized carbons (Fsp3) is 0.909. The van der Waals surface area contributed by atoms with Gasteiger partial charge in [-0.3, -0.25) is 9.59 Å². The van der Waals surface area contributed by atoms with Gasteiger partial charge < -0.3 is 14.2 Å². The van der Waals surface area contributed by atoms with Crippen molar-refractivity contribution < 1.29 is 23.8 Å². The molecule has 7 atom stereocenters. The van der Waals surface area contributed by atoms with Crippen LogP contribution in [0, 0.1) is 35.0 Å². The first-order valence-electron chi connectivity index (χ1n) is 10.9. The third-order valence-corrected chi connectivity index (χ3v) is 8.78. The van der Waals surface area contributed by atoms with Crippen molar-refractivity contribution >= 4 is 11.8 Å². The molecule has 4 saturated carbocycles. The lowest BCUT2D eigenvalue weighted by atomic mass is 9.50. The molecule has 27 heavy (non-hydrogen) atoms. The SMILES string of the molecule is CC(=O)O[C@H]1CC[C@H]2[C@@H]3C(=O)C[C@H]4CC5(CC[C@@H]4[C@H]3CC[C@]12C)OCCO5. The third kappa shape index (κ3) is 2.71. The molecule has 5 aliphatic rings. The Labute approximate surface area is 161 Å². The van der Waals surface area contributed by atoms with E-state index in [1.54, 1.807) is 0 Å². The molecule has 150 valence electrons. The molecule has 4 aliphatic carbocycles. The molecule has 1 heterocycles. The predicted octanol–water partition coefficient (Wildman–Crippen LogP) is 3.49. The monoisotopic (exact) mass is 376 g/mol. The molecule has 5 rings (SSSR count). The maximum Gasteiger partial charge on any atom is 0.302 e. The molecule has 0 N–H and O–H groups in total. The van der Waals surface area contributed by atoms with Gasteiger partial charge in [-0.15, -0.1) is 0 Å². The first-order chi connectivity index (χ1) is 12.9. The van der Waals surface area contributed by atoms with Gasteiger partial charge in [-0.05, 0) is 55.8 Å². The molecule has 0 aromatic rings. The molecule has 0 aromatic heterocycles. The Morgan fingerprint density at radius 1 is 1.07 bits per heavy atom. The van der Waals surface area contributed by atoms with Crippen molar-refractivity contribution in [2.75, 3.05) is 13.2 Å². The summed E-state index contributed by atoms with van der Waals surface area (Å²) in [4.78, 5) is 24.9. The van der Waals surface area contributed by atoms with Crippen LogP contribution in [0.4, 0.5) is 0 Å². The second kappa shape index (κ2) is 6.28. The number of esters is 1. The maximum absolute atomic E-state index is 13.3. The van der Waals surface area contributed by atoms with E-state index < -0.39 is 5.79 Å². The molecular formula is C22H32O5. The van der Waals surface area contributed by atoms with Crippen molar-refractivity contribution in [1.29, 1.82) is 0 Å². The smallest absolute Gasteiger partial charge is 0.302 e. The molecule has 0 unspecified atom stereocenters. The zero-order chi connectivity index (χ0) is 18.8. The van der Waals surface area contributed by atoms with Crippen LogP contribution in [0.25, 0.3) is 0 Å². The topological polar surface area (TPSA) is 61.8 Å². The van der Waals surface area contributed by atoms with Crippen molar-refractivity contribution in [1.82, 2.24) is 0 Å². The van der Waals surface area contributed by atoms with Crippen LogP contribution < -0.4 is 0 Å². The summed E-state index contributed by atoms with van der Waals surface area (Å²) < 4.78 is 17.6. The highest BCUT2D eigenvalue weighted by atomic mass is 16.7. The summed E-state index contributed by atoms with van der Waals surface area (Å²) in [6.45, 7) is 5.15. The second-order valence-electron chi connectivity index (χ2n) is 9.96. The molecule has 5 fully saturated rings. The van der Waals surface area contributed by atoms with Gasteiger partial charge in [0.05, 0.1) is 13.2 Å². The Morgan fingerprint density at radius 3 is 2.56 bits per heavy atom. The minimum Gasteiger partial charge on any atom is -0.462 e. The number of ketones is 1. The number of carbonyl (C=O) groups is 2. The van der Waals surface area contributed by atoms with E-state index in [0.717, 1.165) is 44.9 Å². The first-order valence-corrected chi connectivity index (χ1v) is 10.9. The minimum atomic E-state index is -0.398. The highest BCUT2D eigenvalue weighted by Crippen LogP contribution is 2.63. The fourth-order valence-corrected chi connectivity index (χ4v) is 7.67. The zero-order valence-corrected chi connectivity index (χ0v) is 16.6. The van der Waals surface area contributed by atoms with Crippen molar-refractivity contribution in [2.45, 2.75) is 77.1 Å². The van der Waals surface area contributed by atoms with Crippen LogP contribution in [-0.2, 0) is 23.8 Å². The van der Waals surface area contributed by atoms with Crippen LogP contribution in [0.5, 0.6) is 0 Å². The summed E-state index contributed by atoms with van der Waals surface area (Å²) in [5.74, 6) is 1.97. The Hall–Kier alpha value is -0.940. The van der Waals surface area contributed by atoms with E-state index >= 15 is 0 Å². The van der Waals surface area contributed by atoms with Gasteiger partial charge in [0.15, 0.2) is 5.79 Å². The quantitative estimate of drug-likeness (QED) is 0.656. The van der Waals surface area contributed by atoms with Gasteiger partial charge in [0.25, 0.3) is 0 Å². The number of hydrogen-bond donors (Lipinski definition) is 0. The summed E-state index contributed by atoms with van der Waals surface area (Å²) >= 11 is 0. The van der Waals surface area contributed by atoms with Crippen LogP contribution in [0.2, 0.25) is 0 Å². The number of fused-ring (bicyclic) bond motifs is 5. The zero-order valence-electron chi connectivity index (χ0n) is 16.6. The molecule has 0 radical (unpaired) electrons. The molecule has 1 aliphatic heterocycles. The van der Waals surface area contributed by atoms with E-state index in [4.69, 9.17) is 14.2 Å². The van der Waals surface area contributed by atoms with E-state index in [-0.39, 0.29) is 23.4 Å². The normalized spacial score (nSPS) is 48.0. The number of rotatable bonds is 1. The van der Waals surface area contributed by atoms with Crippen molar-refractivity contribution in [3.05, 3.63) is 0 Å². The summed E-state index contributed by atoms with van der Waals surface area (Å²) in [5.41, 5.74) is -0.0249. The Balaban J connectivity index is 1.37. The number of ether oxygens (including phenoxy) is 3. The highest BCUT2D eigenvalue weighted by molar-refractivity contribution is 5.83. The van der Waals surface area contributed by atoms with Crippen LogP contribution in [0.3, 0.4) is 0 Å². The summed E-state index contributed by atoms with van der Waals surface area (Å²) in [6.07, 6.45) is 7.77. The van der Waals surface area contributed by atoms with Gasteiger partial charge in [0.2, 0.25) is 0 Å². The third-order valence-electron chi connectivity index (χ3n) is 8.78. The van der Waals surface area contributed by atoms with E-state index in [0.29, 0.717) is 49.1 Å². The average molecular weight is 376 g/mol. The van der Waals surface area contributed by atoms with Gasteiger partial charge in [-0.2, -0.15) is 0 Å². The van der Waals surface area contributed by atoms with E-state index in [1.165, 1.54) is 6.92 Å². The summed E-state index contributed by atoms with van der Waals surface area (Å²) in [5, 5.41) is 0. The van der Waals surface area contributed by atoms with Crippen LogP contribution in [0.15, 0.2) is 0 Å². The fourth-order valence-electron chi connectivity index (χ4n) is 7.67. The molecule has 0 amide bonds. The lowest BCUT2D eigenvalue weighted by Crippen LogP contribution is -2.55. The van der Waals surface area contributed by atoms with E-state index in [9.17, 15) is 9.59 Å². The van der Waals surface area contributed by atoms with Crippen LogP contribution >= 0.6 is 0 Å². The Kier molecular flexibility index (Phi) is 4.21. The van der Waals surface area contributed by atoms with Crippen molar-refractivity contribution in [3.63, 3.8) is 0 Å². The van der Waals surface area contributed by atoms with E-state index in [2.05, 4.69) is 6.92 Å². The van der Waals surface area contributed by atoms with Gasteiger partial charge in [-0.25, -0.2) is 0 Å². The van der Waals surface area contributed by atoms with Crippen LogP contribution in [-0.4, -0.2) is 36.9 Å². The molecule has 0 aromatic carbocycles. The Bertz CT molecular complexity index is 639. The lowest BCUT2D eigenvalue weighted by Gasteiger charge is -2.55. The molecule has 0 bridgehead atoms. The average Bonchev–Trinajstić information content (AvgIpc) is 3.19. The number of carbonyl (C=O) groups excluding carboxylic acids is 2. The summed E-state index contributed by atoms with van der Waals surface area (Å²) in [7, 11) is 0. The summed E-state index contributed by atoms with van der Waals surface area (Å²) in [6, 6.07) is 0. The highest BCUT2D eigenvalue weighted by Gasteiger charge is 2.61. The molecule has 1 spiro atoms. The minimum absolute atomic E-state index is 0.0126. The Morgan fingerprint density at radius 2 is 1.81 bits per heavy atom. The van der Waals surface area contributed by atoms with Gasteiger partial charge in [-0.1, -0.05) is 6.92 Å². The number of Topliss-reactive ketones (excluding diaryl/α,β-unsaturated/α-hetero) is 1. The van der Waals surface area contributed by atoms with Crippen LogP contribution in [0.1, 0.15) is 65.2 Å². The first kappa shape index (κ1) is 18.1. The predicted molar refractivity (Wildman–Crippen MR) is 97.7 cm³/mol. The van der Waals surface area contributed by atoms with Gasteiger partial charge in [0.1, 0.15) is 11.9 Å². The molecule has 1 saturated heterocycles. The molecular weight excluding hydrogens is 344 g/mol. The largest absolute Gasteiger partial charge is 0.462 e. The lowest BCUT2D eigenvalue weighted by molar-refractivity contribution is -0.209. The van der Waals surface area contributed by atoms with Crippen molar-refractivity contribution in [2.24, 2.45) is 35.0 Å². The van der Waals surface area contributed by atoms with Gasteiger partial charge in [0, 0.05) is 37.5 Å². The maximum atomic E-state index is 13.3. The van der Waals surface area contributed by atoms with Crippen molar-refractivity contribution in [3.8, 4) is 0 Å². The molecule has 5 heteroatoms. The standard InChI is InChI=1S/C22H32O5/c1-13(23)27-19-4-3-17-20-16(5-7-21(17,19)2)15-6-8-22(25-9-10-26-22)12-14(15)11-18(20)24/h14-17,19-20H,3-12H2,1-2H3/t14-,15-,16+,17-,19-,20+,21-/m0/s1. The number of hydrogen-bond acceptors (Lipinski definition) is 5. The van der Waals surface area contributed by atoms with E-state index in [1.807, 2.05) is 0 Å². The molecule has 5 nitrogen and oxygen atoms in total.